The number of thiazole rings is 1. The normalized spacial score (nSPS) is 11.1. The Bertz CT molecular complexity index is 787. The van der Waals surface area contributed by atoms with Crippen molar-refractivity contribution >= 4 is 16.3 Å². The first-order valence-corrected chi connectivity index (χ1v) is 7.10. The molecule has 4 heteroatoms. The average Bonchev–Trinajstić information content (AvgIpc) is 2.78. The predicted molar refractivity (Wildman–Crippen MR) is 78.9 cm³/mol. The summed E-state index contributed by atoms with van der Waals surface area (Å²) in [5.74, 6) is 0. The van der Waals surface area contributed by atoms with Crippen molar-refractivity contribution in [1.82, 2.24) is 9.38 Å². The summed E-state index contributed by atoms with van der Waals surface area (Å²) in [4.78, 5) is 18.7. The van der Waals surface area contributed by atoms with Gasteiger partial charge in [-0.05, 0) is 18.9 Å². The quantitative estimate of drug-likeness (QED) is 0.716. The van der Waals surface area contributed by atoms with E-state index in [9.17, 15) is 4.79 Å². The van der Waals surface area contributed by atoms with Crippen LogP contribution in [0.1, 0.15) is 17.5 Å². The number of rotatable bonds is 2. The zero-order chi connectivity index (χ0) is 13.4. The molecule has 3 aromatic rings. The van der Waals surface area contributed by atoms with Gasteiger partial charge in [-0.1, -0.05) is 37.3 Å². The Morgan fingerprint density at radius 1 is 1.26 bits per heavy atom. The van der Waals surface area contributed by atoms with Crippen LogP contribution in [0.15, 0.2) is 41.2 Å². The molecule has 0 aliphatic heterocycles. The molecule has 0 unspecified atom stereocenters. The Morgan fingerprint density at radius 2 is 2.00 bits per heavy atom. The van der Waals surface area contributed by atoms with Gasteiger partial charge in [0, 0.05) is 16.6 Å². The van der Waals surface area contributed by atoms with Crippen molar-refractivity contribution in [3.63, 3.8) is 0 Å². The Balaban J connectivity index is 2.43. The molecule has 0 aliphatic carbocycles. The van der Waals surface area contributed by atoms with E-state index in [1.807, 2.05) is 37.3 Å². The van der Waals surface area contributed by atoms with Gasteiger partial charge in [-0.15, -0.1) is 11.3 Å². The highest BCUT2D eigenvalue weighted by Crippen LogP contribution is 2.30. The lowest BCUT2D eigenvalue weighted by molar-refractivity contribution is 1.04. The molecule has 2 aromatic heterocycles. The van der Waals surface area contributed by atoms with E-state index < -0.39 is 0 Å². The molecule has 3 nitrogen and oxygen atoms in total. The van der Waals surface area contributed by atoms with Crippen molar-refractivity contribution < 1.29 is 0 Å². The average molecular weight is 270 g/mol. The second-order valence-electron chi connectivity index (χ2n) is 4.45. The van der Waals surface area contributed by atoms with Crippen molar-refractivity contribution in [2.45, 2.75) is 20.3 Å². The smallest absolute Gasteiger partial charge is 0.259 e. The van der Waals surface area contributed by atoms with Crippen LogP contribution in [0.2, 0.25) is 0 Å². The molecule has 1 aromatic carbocycles. The van der Waals surface area contributed by atoms with E-state index in [4.69, 9.17) is 0 Å². The first-order chi connectivity index (χ1) is 9.20. The van der Waals surface area contributed by atoms with Gasteiger partial charge < -0.3 is 0 Å². The molecule has 0 amide bonds. The molecule has 0 radical (unpaired) electrons. The molecule has 0 spiro atoms. The Morgan fingerprint density at radius 3 is 2.68 bits per heavy atom. The van der Waals surface area contributed by atoms with Crippen LogP contribution >= 0.6 is 11.3 Å². The molecule has 19 heavy (non-hydrogen) atoms. The second kappa shape index (κ2) is 4.63. The molecule has 0 aliphatic rings. The molecule has 96 valence electrons. The first-order valence-electron chi connectivity index (χ1n) is 6.28. The van der Waals surface area contributed by atoms with Crippen molar-refractivity contribution in [1.29, 1.82) is 0 Å². The van der Waals surface area contributed by atoms with E-state index in [1.165, 1.54) is 4.88 Å². The van der Waals surface area contributed by atoms with Gasteiger partial charge >= 0.3 is 0 Å². The van der Waals surface area contributed by atoms with Crippen LogP contribution in [0.5, 0.6) is 0 Å². The van der Waals surface area contributed by atoms with Crippen LogP contribution in [-0.2, 0) is 6.42 Å². The molecule has 0 saturated heterocycles. The molecule has 0 atom stereocenters. The number of nitrogens with zero attached hydrogens (tertiary/aromatic N) is 2. The highest BCUT2D eigenvalue weighted by atomic mass is 32.1. The molecule has 2 heterocycles. The van der Waals surface area contributed by atoms with Crippen LogP contribution < -0.4 is 5.56 Å². The number of hydrogen-bond acceptors (Lipinski definition) is 3. The monoisotopic (exact) mass is 270 g/mol. The van der Waals surface area contributed by atoms with Gasteiger partial charge in [-0.3, -0.25) is 9.20 Å². The van der Waals surface area contributed by atoms with E-state index >= 15 is 0 Å². The van der Waals surface area contributed by atoms with Crippen LogP contribution in [0.4, 0.5) is 0 Å². The fourth-order valence-electron chi connectivity index (χ4n) is 2.25. The minimum absolute atomic E-state index is 0.00250. The summed E-state index contributed by atoms with van der Waals surface area (Å²) in [6.07, 6.45) is 0.900. The lowest BCUT2D eigenvalue weighted by Crippen LogP contribution is -2.14. The van der Waals surface area contributed by atoms with Crippen LogP contribution in [0.3, 0.4) is 0 Å². The standard InChI is InChI=1S/C15H14N2OS/c1-3-12-14(11-7-5-4-6-8-11)17-13(18)9-10(2)16-15(17)19-12/h4-9H,3H2,1-2H3. The Kier molecular flexibility index (Phi) is 2.95. The third-order valence-electron chi connectivity index (χ3n) is 3.09. The molecule has 3 rings (SSSR count). The molecule has 0 fully saturated rings. The summed E-state index contributed by atoms with van der Waals surface area (Å²) < 4.78 is 1.73. The van der Waals surface area contributed by atoms with Gasteiger partial charge in [0.1, 0.15) is 0 Å². The number of aromatic nitrogens is 2. The lowest BCUT2D eigenvalue weighted by Gasteiger charge is -2.03. The lowest BCUT2D eigenvalue weighted by atomic mass is 10.1. The van der Waals surface area contributed by atoms with Gasteiger partial charge in [0.2, 0.25) is 0 Å². The second-order valence-corrected chi connectivity index (χ2v) is 5.51. The topological polar surface area (TPSA) is 34.4 Å². The van der Waals surface area contributed by atoms with Crippen LogP contribution in [0, 0.1) is 6.92 Å². The number of fused-ring (bicyclic) bond motifs is 1. The van der Waals surface area contributed by atoms with Gasteiger partial charge in [-0.25, -0.2) is 4.98 Å². The summed E-state index contributed by atoms with van der Waals surface area (Å²) in [5.41, 5.74) is 2.82. The first kappa shape index (κ1) is 12.1. The van der Waals surface area contributed by atoms with E-state index in [0.29, 0.717) is 0 Å². The summed E-state index contributed by atoms with van der Waals surface area (Å²) in [6.45, 7) is 3.96. The third kappa shape index (κ3) is 1.98. The maximum Gasteiger partial charge on any atom is 0.259 e. The highest BCUT2D eigenvalue weighted by Gasteiger charge is 2.15. The van der Waals surface area contributed by atoms with E-state index in [2.05, 4.69) is 11.9 Å². The zero-order valence-corrected chi connectivity index (χ0v) is 11.7. The summed E-state index contributed by atoms with van der Waals surface area (Å²) in [7, 11) is 0. The summed E-state index contributed by atoms with van der Waals surface area (Å²) in [5, 5.41) is 0. The minimum atomic E-state index is -0.00250. The largest absolute Gasteiger partial charge is 0.269 e. The predicted octanol–water partition coefficient (Wildman–Crippen LogP) is 3.29. The van der Waals surface area contributed by atoms with Gasteiger partial charge in [-0.2, -0.15) is 0 Å². The molecular formula is C15H14N2OS. The fraction of sp³-hybridized carbons (Fsp3) is 0.200. The van der Waals surface area contributed by atoms with Crippen molar-refractivity contribution in [3.05, 3.63) is 57.3 Å². The van der Waals surface area contributed by atoms with Crippen LogP contribution in [-0.4, -0.2) is 9.38 Å². The zero-order valence-electron chi connectivity index (χ0n) is 10.9. The van der Waals surface area contributed by atoms with E-state index in [-0.39, 0.29) is 5.56 Å². The Hall–Kier alpha value is -1.94. The maximum atomic E-state index is 12.3. The fourth-order valence-corrected chi connectivity index (χ4v) is 3.39. The summed E-state index contributed by atoms with van der Waals surface area (Å²) in [6, 6.07) is 11.6. The number of benzene rings is 1. The third-order valence-corrected chi connectivity index (χ3v) is 4.27. The molecule has 0 saturated carbocycles. The van der Waals surface area contributed by atoms with Crippen molar-refractivity contribution in [3.8, 4) is 11.3 Å². The van der Waals surface area contributed by atoms with Gasteiger partial charge in [0.25, 0.3) is 5.56 Å². The Labute approximate surface area is 115 Å². The highest BCUT2D eigenvalue weighted by molar-refractivity contribution is 7.17. The number of aryl methyl sites for hydroxylation is 2. The number of hydrogen-bond donors (Lipinski definition) is 0. The molecule has 0 bridgehead atoms. The SMILES string of the molecule is CCc1sc2nc(C)cc(=O)n2c1-c1ccccc1. The molecular weight excluding hydrogens is 256 g/mol. The van der Waals surface area contributed by atoms with E-state index in [0.717, 1.165) is 28.3 Å². The minimum Gasteiger partial charge on any atom is -0.269 e. The summed E-state index contributed by atoms with van der Waals surface area (Å²) >= 11 is 1.60. The van der Waals surface area contributed by atoms with Crippen molar-refractivity contribution in [2.24, 2.45) is 0 Å². The van der Waals surface area contributed by atoms with Crippen LogP contribution in [0.25, 0.3) is 16.2 Å². The van der Waals surface area contributed by atoms with Gasteiger partial charge in [0.15, 0.2) is 4.96 Å². The van der Waals surface area contributed by atoms with Gasteiger partial charge in [0.05, 0.1) is 5.69 Å². The van der Waals surface area contributed by atoms with E-state index in [1.54, 1.807) is 21.8 Å². The maximum absolute atomic E-state index is 12.3. The van der Waals surface area contributed by atoms with Crippen molar-refractivity contribution in [2.75, 3.05) is 0 Å². The molecule has 0 N–H and O–H groups in total.